The average Bonchev–Trinajstić information content (AvgIpc) is 3.28. The van der Waals surface area contributed by atoms with Crippen LogP contribution in [0.1, 0.15) is 35.4 Å². The molecule has 6 bridgehead atoms. The van der Waals surface area contributed by atoms with Gasteiger partial charge in [-0.3, -0.25) is 9.69 Å². The smallest absolute Gasteiger partial charge is 0.150 e. The molecular formula is C29H32N4O3. The molecule has 36 heavy (non-hydrogen) atoms. The topological polar surface area (TPSA) is 78.8 Å². The van der Waals surface area contributed by atoms with Crippen molar-refractivity contribution in [2.45, 2.75) is 44.4 Å². The van der Waals surface area contributed by atoms with Crippen molar-refractivity contribution in [3.05, 3.63) is 77.2 Å². The Balaban J connectivity index is 1.42. The Morgan fingerprint density at radius 3 is 2.78 bits per heavy atom. The van der Waals surface area contributed by atoms with Crippen LogP contribution in [0.4, 0.5) is 5.69 Å². The molecule has 3 aliphatic heterocycles. The van der Waals surface area contributed by atoms with E-state index < -0.39 is 6.10 Å². The van der Waals surface area contributed by atoms with E-state index in [4.69, 9.17) is 9.72 Å². The fourth-order valence-corrected chi connectivity index (χ4v) is 5.74. The molecule has 3 aliphatic rings. The van der Waals surface area contributed by atoms with E-state index in [0.29, 0.717) is 52.0 Å². The Kier molecular flexibility index (Phi) is 6.52. The highest BCUT2D eigenvalue weighted by atomic mass is 16.5. The lowest BCUT2D eigenvalue weighted by Gasteiger charge is -2.32. The van der Waals surface area contributed by atoms with Gasteiger partial charge in [0.25, 0.3) is 0 Å². The summed E-state index contributed by atoms with van der Waals surface area (Å²) in [4.78, 5) is 27.4. The van der Waals surface area contributed by atoms with Crippen molar-refractivity contribution in [2.75, 3.05) is 37.7 Å². The van der Waals surface area contributed by atoms with Crippen LogP contribution in [0.25, 0.3) is 11.3 Å². The van der Waals surface area contributed by atoms with Gasteiger partial charge in [0.1, 0.15) is 11.6 Å². The standard InChI is InChI=1S/C29H32N4O3/c34-24-17-27-28(35)7-5-20-2-1-3-22(14-20)25-8-9-30-29(31-25)16-21-4-6-26(32-10-12-36-13-11-32)23(15-21)18-33(27)19-24/h1-4,6,8-9,14-15,24,27,34H,5,7,10-13,16-19H2/t24-,27-/m0/s1. The third-order valence-corrected chi connectivity index (χ3v) is 7.57. The van der Waals surface area contributed by atoms with Crippen molar-refractivity contribution >= 4 is 11.5 Å². The Bertz CT molecular complexity index is 1260. The minimum absolute atomic E-state index is 0.206. The second-order valence-corrected chi connectivity index (χ2v) is 10.1. The molecule has 2 saturated heterocycles. The van der Waals surface area contributed by atoms with E-state index in [1.807, 2.05) is 18.3 Å². The van der Waals surface area contributed by atoms with Gasteiger partial charge >= 0.3 is 0 Å². The Morgan fingerprint density at radius 1 is 1.00 bits per heavy atom. The zero-order chi connectivity index (χ0) is 24.5. The zero-order valence-electron chi connectivity index (χ0n) is 20.5. The van der Waals surface area contributed by atoms with Crippen molar-refractivity contribution < 1.29 is 14.6 Å². The van der Waals surface area contributed by atoms with Gasteiger partial charge in [0, 0.05) is 56.5 Å². The number of ether oxygens (including phenoxy) is 1. The largest absolute Gasteiger partial charge is 0.392 e. The third kappa shape index (κ3) is 4.91. The molecule has 0 unspecified atom stereocenters. The molecule has 3 aromatic rings. The minimum Gasteiger partial charge on any atom is -0.392 e. The van der Waals surface area contributed by atoms with E-state index in [1.165, 1.54) is 11.3 Å². The second-order valence-electron chi connectivity index (χ2n) is 10.1. The van der Waals surface area contributed by atoms with Crippen LogP contribution in [-0.4, -0.2) is 70.8 Å². The van der Waals surface area contributed by atoms with Crippen LogP contribution < -0.4 is 4.90 Å². The number of anilines is 1. The predicted octanol–water partition coefficient (Wildman–Crippen LogP) is 3.02. The maximum atomic E-state index is 13.4. The van der Waals surface area contributed by atoms with E-state index in [-0.39, 0.29) is 11.8 Å². The fourth-order valence-electron chi connectivity index (χ4n) is 5.74. The monoisotopic (exact) mass is 484 g/mol. The number of rotatable bonds is 1. The predicted molar refractivity (Wildman–Crippen MR) is 138 cm³/mol. The van der Waals surface area contributed by atoms with Gasteiger partial charge < -0.3 is 14.7 Å². The molecule has 0 radical (unpaired) electrons. The number of carbonyl (C=O) groups excluding carboxylic acids is 1. The number of carbonyl (C=O) groups is 1. The molecule has 1 N–H and O–H groups in total. The first-order valence-corrected chi connectivity index (χ1v) is 12.9. The highest BCUT2D eigenvalue weighted by Gasteiger charge is 2.36. The second kappa shape index (κ2) is 10.1. The highest BCUT2D eigenvalue weighted by Crippen LogP contribution is 2.30. The maximum absolute atomic E-state index is 13.4. The molecule has 2 aromatic carbocycles. The van der Waals surface area contributed by atoms with E-state index in [1.54, 1.807) is 0 Å². The van der Waals surface area contributed by atoms with Crippen molar-refractivity contribution in [3.63, 3.8) is 0 Å². The summed E-state index contributed by atoms with van der Waals surface area (Å²) in [5.74, 6) is 0.997. The highest BCUT2D eigenvalue weighted by molar-refractivity contribution is 5.84. The lowest BCUT2D eigenvalue weighted by molar-refractivity contribution is -0.123. The first-order valence-electron chi connectivity index (χ1n) is 12.9. The SMILES string of the molecule is O=C1CCc2cccc(c2)-c2ccnc(n2)Cc2ccc(N3CCOCC3)c(c2)CN2C[C@@H](O)C[C@@H]12. The minimum atomic E-state index is -0.478. The van der Waals surface area contributed by atoms with Crippen LogP contribution in [0.3, 0.4) is 0 Å². The molecule has 0 spiro atoms. The first-order chi connectivity index (χ1) is 17.6. The number of Topliss-reactive ketones (excluding diaryl/α,β-unsaturated/α-hetero) is 1. The number of aryl methyl sites for hydroxylation is 1. The normalized spacial score (nSPS) is 22.9. The fraction of sp³-hybridized carbons (Fsp3) is 0.414. The van der Waals surface area contributed by atoms with Crippen molar-refractivity contribution in [2.24, 2.45) is 0 Å². The molecule has 186 valence electrons. The van der Waals surface area contributed by atoms with E-state index in [0.717, 1.165) is 41.3 Å². The summed E-state index contributed by atoms with van der Waals surface area (Å²) in [6.07, 6.45) is 3.63. The molecular weight excluding hydrogens is 452 g/mol. The van der Waals surface area contributed by atoms with Crippen LogP contribution in [0.15, 0.2) is 54.7 Å². The van der Waals surface area contributed by atoms with Gasteiger partial charge in [-0.25, -0.2) is 9.97 Å². The molecule has 0 saturated carbocycles. The maximum Gasteiger partial charge on any atom is 0.150 e. The van der Waals surface area contributed by atoms with Gasteiger partial charge in [-0.05, 0) is 47.7 Å². The summed E-state index contributed by atoms with van der Waals surface area (Å²) < 4.78 is 5.59. The molecule has 1 aromatic heterocycles. The van der Waals surface area contributed by atoms with Crippen molar-refractivity contribution in [1.82, 2.24) is 14.9 Å². The summed E-state index contributed by atoms with van der Waals surface area (Å²) in [7, 11) is 0. The van der Waals surface area contributed by atoms with Crippen molar-refractivity contribution in [3.8, 4) is 11.3 Å². The molecule has 7 heteroatoms. The summed E-state index contributed by atoms with van der Waals surface area (Å²) in [5.41, 5.74) is 6.56. The van der Waals surface area contributed by atoms with E-state index in [9.17, 15) is 9.90 Å². The number of morpholine rings is 1. The number of benzene rings is 2. The summed E-state index contributed by atoms with van der Waals surface area (Å²) in [6.45, 7) is 4.27. The lowest BCUT2D eigenvalue weighted by Crippen LogP contribution is -2.39. The van der Waals surface area contributed by atoms with Gasteiger partial charge in [-0.15, -0.1) is 0 Å². The van der Waals surface area contributed by atoms with Gasteiger partial charge in [0.15, 0.2) is 0 Å². The molecule has 6 rings (SSSR count). The Hall–Kier alpha value is -3.13. The third-order valence-electron chi connectivity index (χ3n) is 7.57. The number of nitrogens with zero attached hydrogens (tertiary/aromatic N) is 4. The van der Waals surface area contributed by atoms with Crippen molar-refractivity contribution in [1.29, 1.82) is 0 Å². The number of hydrogen-bond acceptors (Lipinski definition) is 7. The van der Waals surface area contributed by atoms with E-state index >= 15 is 0 Å². The Labute approximate surface area is 211 Å². The van der Waals surface area contributed by atoms with Gasteiger partial charge in [-0.2, -0.15) is 0 Å². The average molecular weight is 485 g/mol. The van der Waals surface area contributed by atoms with Crippen LogP contribution in [0, 0.1) is 0 Å². The van der Waals surface area contributed by atoms with Crippen LogP contribution >= 0.6 is 0 Å². The number of hydrogen-bond donors (Lipinski definition) is 1. The number of aliphatic hydroxyl groups is 1. The number of aromatic nitrogens is 2. The van der Waals surface area contributed by atoms with Crippen LogP contribution in [-0.2, 0) is 28.9 Å². The molecule has 2 atom stereocenters. The zero-order valence-corrected chi connectivity index (χ0v) is 20.5. The van der Waals surface area contributed by atoms with Gasteiger partial charge in [-0.1, -0.05) is 30.3 Å². The van der Waals surface area contributed by atoms with E-state index in [2.05, 4.69) is 51.2 Å². The molecule has 0 aliphatic carbocycles. The first kappa shape index (κ1) is 23.3. The summed E-state index contributed by atoms with van der Waals surface area (Å²) >= 11 is 0. The quantitative estimate of drug-likeness (QED) is 0.569. The molecule has 0 amide bonds. The van der Waals surface area contributed by atoms with Crippen LogP contribution in [0.5, 0.6) is 0 Å². The summed E-state index contributed by atoms with van der Waals surface area (Å²) in [6, 6.07) is 16.6. The van der Waals surface area contributed by atoms with Crippen LogP contribution in [0.2, 0.25) is 0 Å². The lowest BCUT2D eigenvalue weighted by atomic mass is 9.98. The van der Waals surface area contributed by atoms with Gasteiger partial charge in [0.2, 0.25) is 0 Å². The molecule has 2 fully saturated rings. The number of ketones is 1. The van der Waals surface area contributed by atoms with Gasteiger partial charge in [0.05, 0.1) is 31.1 Å². The Morgan fingerprint density at radius 2 is 1.89 bits per heavy atom. The molecule has 7 nitrogen and oxygen atoms in total. The number of fused-ring (bicyclic) bond motifs is 8. The molecule has 4 heterocycles. The number of aliphatic hydroxyl groups excluding tert-OH is 1. The summed E-state index contributed by atoms with van der Waals surface area (Å²) in [5, 5.41) is 10.5.